The Balaban J connectivity index is 1.25. The number of urea groups is 1. The van der Waals surface area contributed by atoms with Crippen molar-refractivity contribution >= 4 is 35.3 Å². The molecule has 6 atom stereocenters. The van der Waals surface area contributed by atoms with E-state index in [9.17, 15) is 28.8 Å². The quantitative estimate of drug-likeness (QED) is 0.259. The van der Waals surface area contributed by atoms with Gasteiger partial charge in [-0.05, 0) is 84.7 Å². The van der Waals surface area contributed by atoms with E-state index >= 15 is 0 Å². The highest BCUT2D eigenvalue weighted by atomic mass is 16.2. The number of primary amides is 1. The molecule has 1 aromatic carbocycles. The number of benzene rings is 1. The predicted molar refractivity (Wildman–Crippen MR) is 164 cm³/mol. The lowest BCUT2D eigenvalue weighted by Crippen LogP contribution is -2.61. The molecule has 5 amide bonds. The van der Waals surface area contributed by atoms with Crippen LogP contribution in [0.4, 0.5) is 4.79 Å². The van der Waals surface area contributed by atoms with Crippen LogP contribution in [0.5, 0.6) is 0 Å². The molecule has 4 fully saturated rings. The van der Waals surface area contributed by atoms with Gasteiger partial charge in [-0.1, -0.05) is 52.0 Å². The summed E-state index contributed by atoms with van der Waals surface area (Å²) in [5.41, 5.74) is 7.34. The Morgan fingerprint density at radius 3 is 2.02 bits per heavy atom. The fraction of sp³-hybridized carbons (Fsp3) is 0.647. The standard InChI is InChI=1S/C34H45N5O6/c1-16(2)24(28(40)18-11-12-18)37-33(45)38-26(21-13-19-7-5-6-8-20(19)14-21)32(44)39-15-22-23(34(22,3)4)27(39)31(43)36-25(17-9-10-17)29(41)30(35)42/h5-8,16-18,21-27H,9-15H2,1-4H3,(H2,35,42)(H,36,43)(H2,37,38,45)/t22-,23-,24-,25?,26-,27-/m0/s1. The fourth-order valence-corrected chi connectivity index (χ4v) is 7.93. The van der Waals surface area contributed by atoms with Crippen LogP contribution in [0.15, 0.2) is 24.3 Å². The minimum absolute atomic E-state index is 0.0191. The third kappa shape index (κ3) is 5.97. The molecule has 11 nitrogen and oxygen atoms in total. The molecular weight excluding hydrogens is 574 g/mol. The van der Waals surface area contributed by atoms with Gasteiger partial charge in [0.2, 0.25) is 17.6 Å². The minimum Gasteiger partial charge on any atom is -0.363 e. The number of Topliss-reactive ketones (excluding diaryl/α,β-unsaturated/α-hetero) is 2. The maximum atomic E-state index is 14.6. The Kier molecular flexibility index (Phi) is 8.02. The number of nitrogens with two attached hydrogens (primary N) is 1. The van der Waals surface area contributed by atoms with Crippen molar-refractivity contribution in [1.29, 1.82) is 0 Å². The summed E-state index contributed by atoms with van der Waals surface area (Å²) >= 11 is 0. The van der Waals surface area contributed by atoms with E-state index in [1.54, 1.807) is 4.90 Å². The highest BCUT2D eigenvalue weighted by Gasteiger charge is 2.70. The number of fused-ring (bicyclic) bond motifs is 2. The second kappa shape index (κ2) is 11.6. The third-order valence-electron chi connectivity index (χ3n) is 11.0. The lowest BCUT2D eigenvalue weighted by atomic mass is 9.93. The van der Waals surface area contributed by atoms with Crippen LogP contribution in [0.25, 0.3) is 0 Å². The molecule has 1 heterocycles. The van der Waals surface area contributed by atoms with Gasteiger partial charge in [0.15, 0.2) is 5.78 Å². The van der Waals surface area contributed by atoms with E-state index in [2.05, 4.69) is 29.8 Å². The van der Waals surface area contributed by atoms with Crippen molar-refractivity contribution in [2.75, 3.05) is 6.54 Å². The van der Waals surface area contributed by atoms with Crippen LogP contribution in [0.1, 0.15) is 64.5 Å². The van der Waals surface area contributed by atoms with Gasteiger partial charge in [0, 0.05) is 12.5 Å². The second-order valence-electron chi connectivity index (χ2n) is 14.9. The summed E-state index contributed by atoms with van der Waals surface area (Å²) in [6.45, 7) is 8.26. The molecule has 1 aromatic rings. The number of hydrogen-bond acceptors (Lipinski definition) is 6. The van der Waals surface area contributed by atoms with Gasteiger partial charge in [-0.15, -0.1) is 0 Å². The van der Waals surface area contributed by atoms with E-state index in [1.807, 2.05) is 38.1 Å². The van der Waals surface area contributed by atoms with Gasteiger partial charge in [-0.25, -0.2) is 4.79 Å². The Bertz CT molecular complexity index is 1410. The van der Waals surface area contributed by atoms with Gasteiger partial charge < -0.3 is 26.6 Å². The maximum absolute atomic E-state index is 14.6. The number of nitrogens with zero attached hydrogens (tertiary/aromatic N) is 1. The highest BCUT2D eigenvalue weighted by molar-refractivity contribution is 6.38. The van der Waals surface area contributed by atoms with Crippen molar-refractivity contribution in [3.63, 3.8) is 0 Å². The van der Waals surface area contributed by atoms with E-state index in [0.29, 0.717) is 32.2 Å². The number of likely N-dealkylation sites (tertiary alicyclic amines) is 1. The highest BCUT2D eigenvalue weighted by Crippen LogP contribution is 2.65. The monoisotopic (exact) mass is 619 g/mol. The van der Waals surface area contributed by atoms with Crippen molar-refractivity contribution in [2.45, 2.75) is 90.4 Å². The van der Waals surface area contributed by atoms with Crippen LogP contribution < -0.4 is 21.7 Å². The number of carbonyl (C=O) groups excluding carboxylic acids is 6. The second-order valence-corrected chi connectivity index (χ2v) is 14.9. The topological polar surface area (TPSA) is 168 Å². The SMILES string of the molecule is CC(C)[C@H](NC(=O)N[C@H](C(=O)N1C[C@H]2[C@@H]([C@H]1C(=O)NC(C(=O)C(N)=O)C1CC1)C2(C)C)C1Cc2ccccc2C1)C(=O)C1CC1. The molecule has 45 heavy (non-hydrogen) atoms. The molecule has 1 unspecified atom stereocenters. The molecular formula is C34H45N5O6. The summed E-state index contributed by atoms with van der Waals surface area (Å²) < 4.78 is 0. The van der Waals surface area contributed by atoms with Gasteiger partial charge in [0.25, 0.3) is 5.91 Å². The van der Waals surface area contributed by atoms with Gasteiger partial charge in [-0.3, -0.25) is 24.0 Å². The molecule has 0 radical (unpaired) electrons. The predicted octanol–water partition coefficient (Wildman–Crippen LogP) is 1.51. The van der Waals surface area contributed by atoms with Crippen molar-refractivity contribution in [3.05, 3.63) is 35.4 Å². The first-order valence-electron chi connectivity index (χ1n) is 16.4. The maximum Gasteiger partial charge on any atom is 0.316 e. The lowest BCUT2D eigenvalue weighted by Gasteiger charge is -2.35. The number of amides is 5. The first-order valence-corrected chi connectivity index (χ1v) is 16.4. The average Bonchev–Trinajstić information content (AvgIpc) is 3.95. The number of rotatable bonds is 12. The number of nitrogens with one attached hydrogen (secondary N) is 3. The van der Waals surface area contributed by atoms with Crippen LogP contribution in [0, 0.1) is 40.9 Å². The summed E-state index contributed by atoms with van der Waals surface area (Å²) in [7, 11) is 0. The average molecular weight is 620 g/mol. The summed E-state index contributed by atoms with van der Waals surface area (Å²) in [4.78, 5) is 80.9. The molecule has 1 saturated heterocycles. The van der Waals surface area contributed by atoms with Gasteiger partial charge in [0.1, 0.15) is 18.1 Å². The Morgan fingerprint density at radius 2 is 1.49 bits per heavy atom. The van der Waals surface area contributed by atoms with E-state index in [-0.39, 0.29) is 52.6 Å². The van der Waals surface area contributed by atoms with Crippen LogP contribution in [0.2, 0.25) is 0 Å². The molecule has 5 N–H and O–H groups in total. The fourth-order valence-electron chi connectivity index (χ4n) is 7.93. The normalized spacial score (nSPS) is 26.7. The largest absolute Gasteiger partial charge is 0.363 e. The summed E-state index contributed by atoms with van der Waals surface area (Å²) in [6, 6.07) is 3.92. The smallest absolute Gasteiger partial charge is 0.316 e. The minimum atomic E-state index is -1.09. The summed E-state index contributed by atoms with van der Waals surface area (Å²) in [6.07, 6.45) is 4.24. The van der Waals surface area contributed by atoms with Crippen molar-refractivity contribution in [1.82, 2.24) is 20.9 Å². The molecule has 242 valence electrons. The molecule has 3 saturated carbocycles. The van der Waals surface area contributed by atoms with E-state index in [1.165, 1.54) is 0 Å². The van der Waals surface area contributed by atoms with Crippen LogP contribution in [0.3, 0.4) is 0 Å². The first-order chi connectivity index (χ1) is 21.3. The Morgan fingerprint density at radius 1 is 0.867 bits per heavy atom. The zero-order chi connectivity index (χ0) is 32.4. The molecule has 0 aromatic heterocycles. The zero-order valence-electron chi connectivity index (χ0n) is 26.5. The zero-order valence-corrected chi connectivity index (χ0v) is 26.5. The number of ketones is 2. The van der Waals surface area contributed by atoms with Crippen molar-refractivity contribution < 1.29 is 28.8 Å². The summed E-state index contributed by atoms with van der Waals surface area (Å²) in [5.74, 6) is -3.30. The van der Waals surface area contributed by atoms with E-state index in [0.717, 1.165) is 24.0 Å². The molecule has 6 rings (SSSR count). The van der Waals surface area contributed by atoms with Crippen LogP contribution in [-0.2, 0) is 36.8 Å². The Hall–Kier alpha value is -3.76. The van der Waals surface area contributed by atoms with Crippen LogP contribution in [-0.4, -0.2) is 70.9 Å². The third-order valence-corrected chi connectivity index (χ3v) is 11.0. The summed E-state index contributed by atoms with van der Waals surface area (Å²) in [5, 5.41) is 8.59. The molecule has 1 aliphatic heterocycles. The molecule has 11 heteroatoms. The number of piperidine rings is 1. The molecule has 5 aliphatic rings. The molecule has 0 bridgehead atoms. The van der Waals surface area contributed by atoms with E-state index < -0.39 is 47.8 Å². The molecule has 4 aliphatic carbocycles. The van der Waals surface area contributed by atoms with Gasteiger partial charge >= 0.3 is 6.03 Å². The number of hydrogen-bond donors (Lipinski definition) is 4. The van der Waals surface area contributed by atoms with Gasteiger partial charge in [-0.2, -0.15) is 0 Å². The van der Waals surface area contributed by atoms with Crippen molar-refractivity contribution in [2.24, 2.45) is 46.7 Å². The lowest BCUT2D eigenvalue weighted by molar-refractivity contribution is -0.144. The van der Waals surface area contributed by atoms with Crippen molar-refractivity contribution in [3.8, 4) is 0 Å². The number of carbonyl (C=O) groups is 6. The van der Waals surface area contributed by atoms with Crippen LogP contribution >= 0.6 is 0 Å². The molecule has 0 spiro atoms. The Labute approximate surface area is 263 Å². The first kappa shape index (κ1) is 31.2. The van der Waals surface area contributed by atoms with E-state index in [4.69, 9.17) is 5.73 Å². The van der Waals surface area contributed by atoms with Gasteiger partial charge in [0.05, 0.1) is 6.04 Å².